The first-order valence-electron chi connectivity index (χ1n) is 6.35. The van der Waals surface area contributed by atoms with Crippen molar-refractivity contribution in [3.8, 4) is 0 Å². The summed E-state index contributed by atoms with van der Waals surface area (Å²) in [5.74, 6) is 0.931. The van der Waals surface area contributed by atoms with E-state index in [0.29, 0.717) is 11.8 Å². The van der Waals surface area contributed by atoms with Crippen LogP contribution in [0.3, 0.4) is 0 Å². The molecule has 0 spiro atoms. The van der Waals surface area contributed by atoms with Gasteiger partial charge < -0.3 is 14.9 Å². The van der Waals surface area contributed by atoms with Crippen LogP contribution >= 0.6 is 0 Å². The number of carbonyl (C=O) groups excluding carboxylic acids is 1. The first-order valence-corrected chi connectivity index (χ1v) is 6.35. The second-order valence-corrected chi connectivity index (χ2v) is 5.26. The molecule has 2 unspecified atom stereocenters. The summed E-state index contributed by atoms with van der Waals surface area (Å²) in [4.78, 5) is 16.1. The van der Waals surface area contributed by atoms with Crippen LogP contribution in [0.4, 0.5) is 4.79 Å². The van der Waals surface area contributed by atoms with E-state index in [9.17, 15) is 4.79 Å². The highest BCUT2D eigenvalue weighted by Crippen LogP contribution is 2.21. The van der Waals surface area contributed by atoms with E-state index in [4.69, 9.17) is 5.11 Å². The lowest BCUT2D eigenvalue weighted by atomic mass is 10.0. The van der Waals surface area contributed by atoms with Crippen molar-refractivity contribution < 1.29 is 9.90 Å². The van der Waals surface area contributed by atoms with Crippen LogP contribution in [0, 0.1) is 11.8 Å². The fourth-order valence-electron chi connectivity index (χ4n) is 2.72. The Balaban J connectivity index is 1.87. The molecule has 16 heavy (non-hydrogen) atoms. The number of urea groups is 1. The van der Waals surface area contributed by atoms with E-state index < -0.39 is 0 Å². The van der Waals surface area contributed by atoms with Gasteiger partial charge in [-0.05, 0) is 25.2 Å². The standard InChI is InChI=1S/C12H22N2O2/c1-10-3-2-5-13(7-10)12(16)14-6-4-11(8-14)9-15/h10-11,15H,2-9H2,1H3. The Morgan fingerprint density at radius 1 is 1.25 bits per heavy atom. The molecular formula is C12H22N2O2. The monoisotopic (exact) mass is 226 g/mol. The van der Waals surface area contributed by atoms with Gasteiger partial charge in [-0.1, -0.05) is 6.92 Å². The molecule has 2 aliphatic rings. The van der Waals surface area contributed by atoms with Gasteiger partial charge in [-0.15, -0.1) is 0 Å². The topological polar surface area (TPSA) is 43.8 Å². The first kappa shape index (κ1) is 11.7. The van der Waals surface area contributed by atoms with Crippen LogP contribution in [0.2, 0.25) is 0 Å². The number of piperidine rings is 1. The largest absolute Gasteiger partial charge is 0.396 e. The summed E-state index contributed by atoms with van der Waals surface area (Å²) in [5, 5.41) is 9.07. The lowest BCUT2D eigenvalue weighted by Gasteiger charge is -2.34. The molecule has 0 aromatic carbocycles. The lowest BCUT2D eigenvalue weighted by Crippen LogP contribution is -2.46. The molecular weight excluding hydrogens is 204 g/mol. The molecule has 92 valence electrons. The molecule has 0 aromatic rings. The third-order valence-electron chi connectivity index (χ3n) is 3.74. The predicted octanol–water partition coefficient (Wildman–Crippen LogP) is 1.15. The zero-order chi connectivity index (χ0) is 11.5. The van der Waals surface area contributed by atoms with Crippen molar-refractivity contribution in [2.24, 2.45) is 11.8 Å². The van der Waals surface area contributed by atoms with E-state index in [0.717, 1.165) is 39.0 Å². The van der Waals surface area contributed by atoms with Gasteiger partial charge >= 0.3 is 6.03 Å². The number of hydrogen-bond acceptors (Lipinski definition) is 2. The highest BCUT2D eigenvalue weighted by Gasteiger charge is 2.30. The van der Waals surface area contributed by atoms with Gasteiger partial charge in [0.1, 0.15) is 0 Å². The van der Waals surface area contributed by atoms with Gasteiger partial charge in [0, 0.05) is 38.7 Å². The summed E-state index contributed by atoms with van der Waals surface area (Å²) in [5.41, 5.74) is 0. The van der Waals surface area contributed by atoms with Crippen LogP contribution in [0.1, 0.15) is 26.2 Å². The van der Waals surface area contributed by atoms with Crippen LogP contribution < -0.4 is 0 Å². The zero-order valence-corrected chi connectivity index (χ0v) is 10.1. The minimum atomic E-state index is 0.183. The van der Waals surface area contributed by atoms with Gasteiger partial charge in [0.15, 0.2) is 0 Å². The number of nitrogens with zero attached hydrogens (tertiary/aromatic N) is 2. The van der Waals surface area contributed by atoms with Crippen LogP contribution in [0.5, 0.6) is 0 Å². The third-order valence-corrected chi connectivity index (χ3v) is 3.74. The SMILES string of the molecule is CC1CCCN(C(=O)N2CCC(CO)C2)C1. The first-order chi connectivity index (χ1) is 7.70. The number of rotatable bonds is 1. The van der Waals surface area contributed by atoms with E-state index in [2.05, 4.69) is 6.92 Å². The zero-order valence-electron chi connectivity index (χ0n) is 10.1. The molecule has 2 atom stereocenters. The molecule has 0 saturated carbocycles. The van der Waals surface area contributed by atoms with Crippen molar-refractivity contribution in [3.05, 3.63) is 0 Å². The summed E-state index contributed by atoms with van der Waals surface area (Å²) in [6, 6.07) is 0.183. The fraction of sp³-hybridized carbons (Fsp3) is 0.917. The van der Waals surface area contributed by atoms with Gasteiger partial charge in [0.2, 0.25) is 0 Å². The molecule has 0 radical (unpaired) electrons. The number of aliphatic hydroxyl groups is 1. The van der Waals surface area contributed by atoms with E-state index in [1.807, 2.05) is 9.80 Å². The molecule has 2 rings (SSSR count). The van der Waals surface area contributed by atoms with Crippen LogP contribution in [-0.2, 0) is 0 Å². The van der Waals surface area contributed by atoms with E-state index in [1.165, 1.54) is 6.42 Å². The third kappa shape index (κ3) is 2.48. The molecule has 2 aliphatic heterocycles. The molecule has 1 N–H and O–H groups in total. The van der Waals surface area contributed by atoms with E-state index in [1.54, 1.807) is 0 Å². The van der Waals surface area contributed by atoms with Gasteiger partial charge in [-0.3, -0.25) is 0 Å². The normalized spacial score (nSPS) is 30.9. The maximum Gasteiger partial charge on any atom is 0.320 e. The fourth-order valence-corrected chi connectivity index (χ4v) is 2.72. The van der Waals surface area contributed by atoms with Gasteiger partial charge in [0.05, 0.1) is 0 Å². The predicted molar refractivity (Wildman–Crippen MR) is 62.1 cm³/mol. The summed E-state index contributed by atoms with van der Waals surface area (Å²) in [6.07, 6.45) is 3.32. The average Bonchev–Trinajstić information content (AvgIpc) is 2.76. The highest BCUT2D eigenvalue weighted by molar-refractivity contribution is 5.74. The summed E-state index contributed by atoms with van der Waals surface area (Å²) >= 11 is 0. The molecule has 0 aromatic heterocycles. The minimum absolute atomic E-state index is 0.183. The van der Waals surface area contributed by atoms with Crippen molar-refractivity contribution in [1.82, 2.24) is 9.80 Å². The number of hydrogen-bond donors (Lipinski definition) is 1. The molecule has 2 heterocycles. The lowest BCUT2D eigenvalue weighted by molar-refractivity contribution is 0.136. The molecule has 2 saturated heterocycles. The van der Waals surface area contributed by atoms with E-state index >= 15 is 0 Å². The van der Waals surface area contributed by atoms with Crippen LogP contribution in [-0.4, -0.2) is 53.7 Å². The summed E-state index contributed by atoms with van der Waals surface area (Å²) in [7, 11) is 0. The maximum atomic E-state index is 12.2. The van der Waals surface area contributed by atoms with Gasteiger partial charge in [-0.25, -0.2) is 4.79 Å². The molecule has 4 nitrogen and oxygen atoms in total. The average molecular weight is 226 g/mol. The Hall–Kier alpha value is -0.770. The van der Waals surface area contributed by atoms with Gasteiger partial charge in [0.25, 0.3) is 0 Å². The second-order valence-electron chi connectivity index (χ2n) is 5.26. The number of likely N-dealkylation sites (tertiary alicyclic amines) is 2. The van der Waals surface area contributed by atoms with Crippen molar-refractivity contribution in [2.45, 2.75) is 26.2 Å². The molecule has 2 fully saturated rings. The van der Waals surface area contributed by atoms with Gasteiger partial charge in [-0.2, -0.15) is 0 Å². The number of carbonyl (C=O) groups is 1. The Labute approximate surface area is 97.2 Å². The number of amides is 2. The Morgan fingerprint density at radius 3 is 2.62 bits per heavy atom. The molecule has 2 amide bonds. The van der Waals surface area contributed by atoms with Crippen molar-refractivity contribution in [2.75, 3.05) is 32.8 Å². The molecule has 0 aliphatic carbocycles. The quantitative estimate of drug-likeness (QED) is 0.729. The number of aliphatic hydroxyl groups excluding tert-OH is 1. The second kappa shape index (κ2) is 5.04. The maximum absolute atomic E-state index is 12.2. The summed E-state index contributed by atoms with van der Waals surface area (Å²) < 4.78 is 0. The van der Waals surface area contributed by atoms with Crippen LogP contribution in [0.25, 0.3) is 0 Å². The van der Waals surface area contributed by atoms with Crippen molar-refractivity contribution in [3.63, 3.8) is 0 Å². The van der Waals surface area contributed by atoms with E-state index in [-0.39, 0.29) is 12.6 Å². The molecule has 0 bridgehead atoms. The Bertz CT molecular complexity index is 257. The summed E-state index contributed by atoms with van der Waals surface area (Å²) in [6.45, 7) is 5.78. The van der Waals surface area contributed by atoms with Crippen molar-refractivity contribution in [1.29, 1.82) is 0 Å². The van der Waals surface area contributed by atoms with Crippen LogP contribution in [0.15, 0.2) is 0 Å². The molecule has 4 heteroatoms. The Kier molecular flexibility index (Phi) is 3.69. The highest BCUT2D eigenvalue weighted by atomic mass is 16.3. The van der Waals surface area contributed by atoms with Crippen molar-refractivity contribution >= 4 is 6.03 Å². The minimum Gasteiger partial charge on any atom is -0.396 e. The smallest absolute Gasteiger partial charge is 0.320 e. The Morgan fingerprint density at radius 2 is 2.00 bits per heavy atom.